The van der Waals surface area contributed by atoms with Gasteiger partial charge >= 0.3 is 0 Å². The lowest BCUT2D eigenvalue weighted by molar-refractivity contribution is 0.182. The van der Waals surface area contributed by atoms with Crippen molar-refractivity contribution < 1.29 is 9.47 Å². The molecule has 0 saturated carbocycles. The summed E-state index contributed by atoms with van der Waals surface area (Å²) in [5.74, 6) is 2.72. The summed E-state index contributed by atoms with van der Waals surface area (Å²) in [6.07, 6.45) is 10.8. The van der Waals surface area contributed by atoms with Crippen LogP contribution in [0.2, 0.25) is 0 Å². The number of hydrogen-bond acceptors (Lipinski definition) is 2. The second-order valence-corrected chi connectivity index (χ2v) is 8.05. The summed E-state index contributed by atoms with van der Waals surface area (Å²) in [6, 6.07) is 10.7. The van der Waals surface area contributed by atoms with Crippen molar-refractivity contribution >= 4 is 22.4 Å². The van der Waals surface area contributed by atoms with E-state index < -0.39 is 0 Å². The minimum absolute atomic E-state index is 0.309. The molecule has 0 fully saturated rings. The van der Waals surface area contributed by atoms with Gasteiger partial charge in [0.05, 0.1) is 12.7 Å². The van der Waals surface area contributed by atoms with Gasteiger partial charge in [-0.25, -0.2) is 0 Å². The third kappa shape index (κ3) is 7.20. The van der Waals surface area contributed by atoms with Crippen LogP contribution in [0.25, 0.3) is 10.8 Å². The van der Waals surface area contributed by atoms with Crippen LogP contribution in [-0.4, -0.2) is 18.6 Å². The summed E-state index contributed by atoms with van der Waals surface area (Å²) >= 11 is 5.71. The smallest absolute Gasteiger partial charge is 0.123 e. The van der Waals surface area contributed by atoms with E-state index in [1.165, 1.54) is 48.4 Å². The molecule has 0 radical (unpaired) electrons. The first-order chi connectivity index (χ1) is 13.7. The van der Waals surface area contributed by atoms with Crippen LogP contribution in [0.3, 0.4) is 0 Å². The Kier molecular flexibility index (Phi) is 10.6. The highest BCUT2D eigenvalue weighted by molar-refractivity contribution is 6.17. The standard InChI is InChI=1S/C25H37ClO2/c1-4-6-9-12-22(5-2)28-25-16-13-21-19-23(14-15-24(21)20(25)3)27-18-11-8-7-10-17-26/h13-16,19,22H,4-12,17-18H2,1-3H3. The van der Waals surface area contributed by atoms with Gasteiger partial charge in [-0.15, -0.1) is 11.6 Å². The number of rotatable bonds is 14. The van der Waals surface area contributed by atoms with Gasteiger partial charge in [0.25, 0.3) is 0 Å². The number of unbranched alkanes of at least 4 members (excludes halogenated alkanes) is 5. The molecule has 1 atom stereocenters. The van der Waals surface area contributed by atoms with Gasteiger partial charge in [0.2, 0.25) is 0 Å². The lowest BCUT2D eigenvalue weighted by Crippen LogP contribution is -2.15. The fourth-order valence-electron chi connectivity index (χ4n) is 3.55. The van der Waals surface area contributed by atoms with Gasteiger partial charge in [0.1, 0.15) is 11.5 Å². The first-order valence-electron chi connectivity index (χ1n) is 11.1. The van der Waals surface area contributed by atoms with Crippen molar-refractivity contribution in [1.29, 1.82) is 0 Å². The van der Waals surface area contributed by atoms with E-state index in [4.69, 9.17) is 21.1 Å². The Labute approximate surface area is 176 Å². The lowest BCUT2D eigenvalue weighted by Gasteiger charge is -2.20. The average molecular weight is 405 g/mol. The lowest BCUT2D eigenvalue weighted by atomic mass is 10.0. The Hall–Kier alpha value is -1.41. The van der Waals surface area contributed by atoms with E-state index in [2.05, 4.69) is 51.1 Å². The molecule has 2 aromatic rings. The summed E-state index contributed by atoms with van der Waals surface area (Å²) in [5, 5.41) is 2.46. The van der Waals surface area contributed by atoms with Crippen LogP contribution in [0.15, 0.2) is 30.3 Å². The first kappa shape index (κ1) is 22.9. The van der Waals surface area contributed by atoms with Crippen LogP contribution in [0.5, 0.6) is 11.5 Å². The van der Waals surface area contributed by atoms with Crippen LogP contribution in [0, 0.1) is 6.92 Å². The SMILES string of the molecule is CCCCCC(CC)Oc1ccc2cc(OCCCCCCCl)ccc2c1C. The average Bonchev–Trinajstić information content (AvgIpc) is 2.71. The minimum atomic E-state index is 0.309. The Morgan fingerprint density at radius 1 is 0.929 bits per heavy atom. The topological polar surface area (TPSA) is 18.5 Å². The highest BCUT2D eigenvalue weighted by atomic mass is 35.5. The van der Waals surface area contributed by atoms with Crippen LogP contribution < -0.4 is 9.47 Å². The van der Waals surface area contributed by atoms with E-state index in [0.29, 0.717) is 6.10 Å². The summed E-state index contributed by atoms with van der Waals surface area (Å²) in [4.78, 5) is 0. The van der Waals surface area contributed by atoms with Crippen LogP contribution in [0.1, 0.15) is 77.2 Å². The van der Waals surface area contributed by atoms with E-state index >= 15 is 0 Å². The number of benzene rings is 2. The van der Waals surface area contributed by atoms with E-state index in [0.717, 1.165) is 49.7 Å². The highest BCUT2D eigenvalue weighted by Gasteiger charge is 2.12. The molecule has 0 N–H and O–H groups in total. The number of ether oxygens (including phenoxy) is 2. The molecule has 1 unspecified atom stereocenters. The molecule has 2 nitrogen and oxygen atoms in total. The molecule has 0 saturated heterocycles. The van der Waals surface area contributed by atoms with Gasteiger partial charge in [0, 0.05) is 5.88 Å². The molecule has 0 aromatic heterocycles. The monoisotopic (exact) mass is 404 g/mol. The van der Waals surface area contributed by atoms with Crippen molar-refractivity contribution in [2.45, 2.75) is 84.7 Å². The van der Waals surface area contributed by atoms with E-state index in [1.54, 1.807) is 0 Å². The molecule has 2 aromatic carbocycles. The van der Waals surface area contributed by atoms with Gasteiger partial charge in [0.15, 0.2) is 0 Å². The normalized spacial score (nSPS) is 12.3. The van der Waals surface area contributed by atoms with Gasteiger partial charge in [-0.05, 0) is 73.6 Å². The van der Waals surface area contributed by atoms with Crippen molar-refractivity contribution in [3.05, 3.63) is 35.9 Å². The predicted molar refractivity (Wildman–Crippen MR) is 122 cm³/mol. The molecule has 0 aliphatic rings. The second-order valence-electron chi connectivity index (χ2n) is 7.67. The molecule has 3 heteroatoms. The fraction of sp³-hybridized carbons (Fsp3) is 0.600. The molecule has 0 amide bonds. The van der Waals surface area contributed by atoms with Crippen molar-refractivity contribution in [3.8, 4) is 11.5 Å². The molecule has 0 bridgehead atoms. The molecule has 0 heterocycles. The molecule has 0 aliphatic heterocycles. The number of halogens is 1. The second kappa shape index (κ2) is 12.9. The molecule has 156 valence electrons. The van der Waals surface area contributed by atoms with Gasteiger partial charge in [-0.2, -0.15) is 0 Å². The van der Waals surface area contributed by atoms with Gasteiger partial charge in [-0.1, -0.05) is 51.7 Å². The maximum Gasteiger partial charge on any atom is 0.123 e. The Morgan fingerprint density at radius 3 is 2.50 bits per heavy atom. The zero-order valence-corrected chi connectivity index (χ0v) is 18.7. The Bertz CT molecular complexity index is 698. The summed E-state index contributed by atoms with van der Waals surface area (Å²) < 4.78 is 12.3. The third-order valence-electron chi connectivity index (χ3n) is 5.39. The summed E-state index contributed by atoms with van der Waals surface area (Å²) in [6.45, 7) is 7.39. The van der Waals surface area contributed by atoms with Crippen molar-refractivity contribution in [2.24, 2.45) is 0 Å². The van der Waals surface area contributed by atoms with E-state index in [9.17, 15) is 0 Å². The molecular weight excluding hydrogens is 368 g/mol. The maximum atomic E-state index is 6.35. The van der Waals surface area contributed by atoms with Crippen molar-refractivity contribution in [2.75, 3.05) is 12.5 Å². The Morgan fingerprint density at radius 2 is 1.75 bits per heavy atom. The third-order valence-corrected chi connectivity index (χ3v) is 5.65. The number of alkyl halides is 1. The first-order valence-corrected chi connectivity index (χ1v) is 11.6. The largest absolute Gasteiger partial charge is 0.494 e. The van der Waals surface area contributed by atoms with Crippen LogP contribution in [-0.2, 0) is 0 Å². The maximum absolute atomic E-state index is 6.35. The van der Waals surface area contributed by atoms with Crippen molar-refractivity contribution in [3.63, 3.8) is 0 Å². The van der Waals surface area contributed by atoms with Crippen LogP contribution in [0.4, 0.5) is 0 Å². The van der Waals surface area contributed by atoms with Crippen LogP contribution >= 0.6 is 11.6 Å². The van der Waals surface area contributed by atoms with Crippen molar-refractivity contribution in [1.82, 2.24) is 0 Å². The van der Waals surface area contributed by atoms with E-state index in [1.807, 2.05) is 0 Å². The number of hydrogen-bond donors (Lipinski definition) is 0. The Balaban J connectivity index is 1.97. The predicted octanol–water partition coefficient (Wildman–Crippen LogP) is 8.06. The zero-order valence-electron chi connectivity index (χ0n) is 17.9. The summed E-state index contributed by atoms with van der Waals surface area (Å²) in [5.41, 5.74) is 1.22. The van der Waals surface area contributed by atoms with Gasteiger partial charge < -0.3 is 9.47 Å². The summed E-state index contributed by atoms with van der Waals surface area (Å²) in [7, 11) is 0. The molecule has 2 rings (SSSR count). The quantitative estimate of drug-likeness (QED) is 0.234. The zero-order chi connectivity index (χ0) is 20.2. The number of fused-ring (bicyclic) bond motifs is 1. The molecule has 28 heavy (non-hydrogen) atoms. The minimum Gasteiger partial charge on any atom is -0.494 e. The van der Waals surface area contributed by atoms with E-state index in [-0.39, 0.29) is 0 Å². The van der Waals surface area contributed by atoms with Gasteiger partial charge in [-0.3, -0.25) is 0 Å². The molecule has 0 aliphatic carbocycles. The molecule has 0 spiro atoms. The molecular formula is C25H37ClO2. The number of aryl methyl sites for hydroxylation is 1. The highest BCUT2D eigenvalue weighted by Crippen LogP contribution is 2.31. The fourth-order valence-corrected chi connectivity index (χ4v) is 3.74.